The van der Waals surface area contributed by atoms with E-state index in [4.69, 9.17) is 0 Å². The lowest BCUT2D eigenvalue weighted by atomic mass is 9.94. The highest BCUT2D eigenvalue weighted by Gasteiger charge is 2.35. The molecule has 2 saturated heterocycles. The normalized spacial score (nSPS) is 23.3. The van der Waals surface area contributed by atoms with E-state index >= 15 is 0 Å². The Morgan fingerprint density at radius 2 is 1.75 bits per heavy atom. The Morgan fingerprint density at radius 3 is 2.47 bits per heavy atom. The molecule has 3 aliphatic rings. The second kappa shape index (κ2) is 9.63. The maximum atomic E-state index is 13.4. The average molecular weight is 473 g/mol. The first-order chi connectivity index (χ1) is 15.6. The van der Waals surface area contributed by atoms with Crippen molar-refractivity contribution in [2.75, 3.05) is 59.4 Å². The summed E-state index contributed by atoms with van der Waals surface area (Å²) in [6, 6.07) is 6.47. The van der Waals surface area contributed by atoms with Crippen LogP contribution in [0.25, 0.3) is 0 Å². The highest BCUT2D eigenvalue weighted by Crippen LogP contribution is 2.39. The number of likely N-dealkylation sites (tertiary alicyclic amines) is 1. The van der Waals surface area contributed by atoms with E-state index in [9.17, 15) is 9.59 Å². The van der Waals surface area contributed by atoms with Gasteiger partial charge in [-0.3, -0.25) is 14.5 Å². The lowest BCUT2D eigenvalue weighted by Gasteiger charge is -2.39. The summed E-state index contributed by atoms with van der Waals surface area (Å²) in [6.07, 6.45) is 2.67. The first kappa shape index (κ1) is 22.1. The van der Waals surface area contributed by atoms with Gasteiger partial charge in [0, 0.05) is 48.4 Å². The fourth-order valence-electron chi connectivity index (χ4n) is 5.24. The van der Waals surface area contributed by atoms with Crippen molar-refractivity contribution in [3.8, 4) is 0 Å². The molecule has 0 N–H and O–H groups in total. The molecule has 2 fully saturated rings. The van der Waals surface area contributed by atoms with Gasteiger partial charge in [-0.1, -0.05) is 6.07 Å². The van der Waals surface area contributed by atoms with Gasteiger partial charge in [-0.15, -0.1) is 22.7 Å². The minimum absolute atomic E-state index is 0.0499. The molecule has 2 amide bonds. The van der Waals surface area contributed by atoms with E-state index in [1.165, 1.54) is 15.3 Å². The SMILES string of the molecule is CN1CCN(C(=O)C2CCN(CC(=O)N3CCc4sccc4[C@@H]3c3cccs3)CC2)CC1. The molecule has 0 spiro atoms. The number of nitrogens with zero attached hydrogens (tertiary/aromatic N) is 4. The van der Waals surface area contributed by atoms with Crippen molar-refractivity contribution in [3.63, 3.8) is 0 Å². The molecular weight excluding hydrogens is 440 g/mol. The summed E-state index contributed by atoms with van der Waals surface area (Å²) in [5, 5.41) is 4.25. The van der Waals surface area contributed by atoms with E-state index in [1.54, 1.807) is 11.3 Å². The largest absolute Gasteiger partial charge is 0.340 e. The number of carbonyl (C=O) groups excluding carboxylic acids is 2. The van der Waals surface area contributed by atoms with Crippen molar-refractivity contribution in [2.24, 2.45) is 5.92 Å². The van der Waals surface area contributed by atoms with Crippen molar-refractivity contribution in [1.29, 1.82) is 0 Å². The van der Waals surface area contributed by atoms with Crippen molar-refractivity contribution in [2.45, 2.75) is 25.3 Å². The van der Waals surface area contributed by atoms with Crippen LogP contribution < -0.4 is 0 Å². The third-order valence-electron chi connectivity index (χ3n) is 7.21. The molecule has 0 unspecified atom stereocenters. The van der Waals surface area contributed by atoms with Crippen LogP contribution in [-0.2, 0) is 16.0 Å². The predicted molar refractivity (Wildman–Crippen MR) is 129 cm³/mol. The number of piperidine rings is 1. The summed E-state index contributed by atoms with van der Waals surface area (Å²) >= 11 is 3.54. The van der Waals surface area contributed by atoms with Gasteiger partial charge in [0.1, 0.15) is 0 Å². The lowest BCUT2D eigenvalue weighted by molar-refractivity contribution is -0.139. The fraction of sp³-hybridized carbons (Fsp3) is 0.583. The van der Waals surface area contributed by atoms with Gasteiger partial charge in [-0.2, -0.15) is 0 Å². The van der Waals surface area contributed by atoms with Crippen LogP contribution in [0.1, 0.15) is 34.2 Å². The Bertz CT molecular complexity index is 928. The Labute approximate surface area is 198 Å². The summed E-state index contributed by atoms with van der Waals surface area (Å²) in [7, 11) is 2.11. The van der Waals surface area contributed by atoms with Crippen LogP contribution in [0.3, 0.4) is 0 Å². The van der Waals surface area contributed by atoms with Gasteiger partial charge >= 0.3 is 0 Å². The number of thiophene rings is 2. The zero-order valence-electron chi connectivity index (χ0n) is 18.7. The zero-order chi connectivity index (χ0) is 22.1. The third-order valence-corrected chi connectivity index (χ3v) is 9.13. The Kier molecular flexibility index (Phi) is 6.64. The summed E-state index contributed by atoms with van der Waals surface area (Å²) in [5.41, 5.74) is 1.30. The number of hydrogen-bond acceptors (Lipinski definition) is 6. The minimum Gasteiger partial charge on any atom is -0.340 e. The molecule has 0 aliphatic carbocycles. The summed E-state index contributed by atoms with van der Waals surface area (Å²) < 4.78 is 0. The van der Waals surface area contributed by atoms with E-state index in [-0.39, 0.29) is 17.9 Å². The summed E-state index contributed by atoms with van der Waals surface area (Å²) in [5.74, 6) is 0.652. The molecule has 5 rings (SSSR count). The van der Waals surface area contributed by atoms with Crippen molar-refractivity contribution in [1.82, 2.24) is 19.6 Å². The van der Waals surface area contributed by atoms with Crippen LogP contribution >= 0.6 is 22.7 Å². The lowest BCUT2D eigenvalue weighted by Crippen LogP contribution is -2.51. The van der Waals surface area contributed by atoms with Crippen LogP contribution in [0.4, 0.5) is 0 Å². The van der Waals surface area contributed by atoms with Gasteiger partial charge in [0.15, 0.2) is 0 Å². The number of hydrogen-bond donors (Lipinski definition) is 0. The van der Waals surface area contributed by atoms with E-state index in [0.29, 0.717) is 12.5 Å². The van der Waals surface area contributed by atoms with E-state index < -0.39 is 0 Å². The minimum atomic E-state index is 0.0499. The number of fused-ring (bicyclic) bond motifs is 1. The first-order valence-electron chi connectivity index (χ1n) is 11.7. The number of carbonyl (C=O) groups is 2. The molecule has 0 aromatic carbocycles. The van der Waals surface area contributed by atoms with Crippen LogP contribution in [-0.4, -0.2) is 90.8 Å². The molecule has 172 valence electrons. The molecule has 2 aromatic rings. The highest BCUT2D eigenvalue weighted by atomic mass is 32.1. The summed E-state index contributed by atoms with van der Waals surface area (Å²) in [6.45, 7) is 6.52. The second-order valence-electron chi connectivity index (χ2n) is 9.23. The maximum Gasteiger partial charge on any atom is 0.237 e. The van der Waals surface area contributed by atoms with Gasteiger partial charge < -0.3 is 14.7 Å². The van der Waals surface area contributed by atoms with Crippen molar-refractivity contribution in [3.05, 3.63) is 44.3 Å². The third kappa shape index (κ3) is 4.51. The quantitative estimate of drug-likeness (QED) is 0.687. The number of likely N-dealkylation sites (N-methyl/N-ethyl adjacent to an activating group) is 1. The Morgan fingerprint density at radius 1 is 0.969 bits per heavy atom. The number of piperazine rings is 1. The maximum absolute atomic E-state index is 13.4. The molecule has 1 atom stereocenters. The Hall–Kier alpha value is -1.74. The number of rotatable bonds is 4. The van der Waals surface area contributed by atoms with E-state index in [2.05, 4.69) is 50.7 Å². The van der Waals surface area contributed by atoms with Crippen molar-refractivity contribution < 1.29 is 9.59 Å². The molecule has 5 heterocycles. The standard InChI is InChI=1S/C24H32N4O2S2/c1-25-11-13-27(14-12-25)24(30)18-4-8-26(9-5-18)17-22(29)28-10-6-20-19(7-16-32-20)23(28)21-3-2-15-31-21/h2-3,7,15-16,18,23H,4-6,8-14,17H2,1H3/t23-/m1/s1. The van der Waals surface area contributed by atoms with Crippen molar-refractivity contribution >= 4 is 34.5 Å². The smallest absolute Gasteiger partial charge is 0.237 e. The fourth-order valence-corrected chi connectivity index (χ4v) is 7.00. The van der Waals surface area contributed by atoms with Gasteiger partial charge in [-0.05, 0) is 67.9 Å². The molecule has 8 heteroatoms. The van der Waals surface area contributed by atoms with E-state index in [1.807, 2.05) is 16.2 Å². The highest BCUT2D eigenvalue weighted by molar-refractivity contribution is 7.10. The Balaban J connectivity index is 1.18. The number of amides is 2. The van der Waals surface area contributed by atoms with Gasteiger partial charge in [0.05, 0.1) is 12.6 Å². The van der Waals surface area contributed by atoms with Gasteiger partial charge in [0.25, 0.3) is 0 Å². The molecule has 2 aromatic heterocycles. The average Bonchev–Trinajstić information content (AvgIpc) is 3.51. The zero-order valence-corrected chi connectivity index (χ0v) is 20.4. The monoisotopic (exact) mass is 472 g/mol. The molecule has 32 heavy (non-hydrogen) atoms. The van der Waals surface area contributed by atoms with E-state index in [0.717, 1.165) is 65.1 Å². The molecular formula is C24H32N4O2S2. The van der Waals surface area contributed by atoms with Crippen LogP contribution in [0, 0.1) is 5.92 Å². The summed E-state index contributed by atoms with van der Waals surface area (Å²) in [4.78, 5) is 37.6. The molecule has 6 nitrogen and oxygen atoms in total. The van der Waals surface area contributed by atoms with Gasteiger partial charge in [-0.25, -0.2) is 0 Å². The molecule has 0 radical (unpaired) electrons. The van der Waals surface area contributed by atoms with Crippen LogP contribution in [0.15, 0.2) is 29.0 Å². The second-order valence-corrected chi connectivity index (χ2v) is 11.2. The molecule has 0 saturated carbocycles. The molecule has 0 bridgehead atoms. The first-order valence-corrected chi connectivity index (χ1v) is 13.4. The predicted octanol–water partition coefficient (Wildman–Crippen LogP) is 2.77. The topological polar surface area (TPSA) is 47.1 Å². The molecule has 3 aliphatic heterocycles. The van der Waals surface area contributed by atoms with Gasteiger partial charge in [0.2, 0.25) is 11.8 Å². The van der Waals surface area contributed by atoms with Crippen LogP contribution in [0.2, 0.25) is 0 Å². The van der Waals surface area contributed by atoms with Crippen LogP contribution in [0.5, 0.6) is 0 Å².